The number of hydrogen-bond acceptors (Lipinski definition) is 6. The van der Waals surface area contributed by atoms with Gasteiger partial charge in [0.25, 0.3) is 0 Å². The first-order valence-corrected chi connectivity index (χ1v) is 10.9. The fourth-order valence-electron chi connectivity index (χ4n) is 3.05. The Hall–Kier alpha value is -2.22. The Morgan fingerprint density at radius 1 is 1.07 bits per heavy atom. The monoisotopic (exact) mass is 430 g/mol. The van der Waals surface area contributed by atoms with Gasteiger partial charge in [-0.1, -0.05) is 23.7 Å². The molecule has 0 amide bonds. The Morgan fingerprint density at radius 2 is 1.93 bits per heavy atom. The molecule has 2 aromatic heterocycles. The van der Waals surface area contributed by atoms with Crippen LogP contribution in [0.2, 0.25) is 5.02 Å². The van der Waals surface area contributed by atoms with Crippen molar-refractivity contribution in [2.45, 2.75) is 11.5 Å². The van der Waals surface area contributed by atoms with E-state index in [1.54, 1.807) is 30.1 Å². The van der Waals surface area contributed by atoms with Gasteiger partial charge in [0, 0.05) is 47.4 Å². The average Bonchev–Trinajstić information content (AvgIpc) is 2.77. The molecule has 29 heavy (non-hydrogen) atoms. The summed E-state index contributed by atoms with van der Waals surface area (Å²) < 4.78 is 19.5. The van der Waals surface area contributed by atoms with Gasteiger partial charge < -0.3 is 9.64 Å². The number of morpholine rings is 1. The predicted octanol–water partition coefficient (Wildman–Crippen LogP) is 4.60. The van der Waals surface area contributed by atoms with E-state index in [9.17, 15) is 4.39 Å². The third-order valence-electron chi connectivity index (χ3n) is 4.55. The maximum absolute atomic E-state index is 14.0. The number of aromatic nitrogens is 3. The van der Waals surface area contributed by atoms with E-state index in [-0.39, 0.29) is 5.82 Å². The molecule has 1 aromatic carbocycles. The molecule has 4 rings (SSSR count). The highest BCUT2D eigenvalue weighted by atomic mass is 35.5. The van der Waals surface area contributed by atoms with Crippen LogP contribution in [0.25, 0.3) is 11.5 Å². The van der Waals surface area contributed by atoms with Crippen LogP contribution in [-0.2, 0) is 16.2 Å². The van der Waals surface area contributed by atoms with Gasteiger partial charge in [0.2, 0.25) is 0 Å². The molecule has 3 aromatic rings. The summed E-state index contributed by atoms with van der Waals surface area (Å²) in [5.74, 6) is 2.26. The summed E-state index contributed by atoms with van der Waals surface area (Å²) >= 11 is 7.71. The van der Waals surface area contributed by atoms with Crippen LogP contribution < -0.4 is 4.90 Å². The number of ether oxygens (including phenoxy) is 1. The van der Waals surface area contributed by atoms with Crippen molar-refractivity contribution in [1.29, 1.82) is 0 Å². The van der Waals surface area contributed by atoms with Gasteiger partial charge in [-0.25, -0.2) is 14.4 Å². The van der Waals surface area contributed by atoms with Gasteiger partial charge in [-0.2, -0.15) is 11.8 Å². The van der Waals surface area contributed by atoms with Gasteiger partial charge in [0.15, 0.2) is 5.82 Å². The first-order chi connectivity index (χ1) is 14.2. The minimum Gasteiger partial charge on any atom is -0.378 e. The van der Waals surface area contributed by atoms with Gasteiger partial charge in [-0.05, 0) is 24.3 Å². The van der Waals surface area contributed by atoms with E-state index in [0.29, 0.717) is 41.1 Å². The largest absolute Gasteiger partial charge is 0.378 e. The van der Waals surface area contributed by atoms with Crippen LogP contribution in [0.3, 0.4) is 0 Å². The van der Waals surface area contributed by atoms with Gasteiger partial charge >= 0.3 is 0 Å². The van der Waals surface area contributed by atoms with Crippen LogP contribution in [0.1, 0.15) is 11.3 Å². The Balaban J connectivity index is 1.56. The van der Waals surface area contributed by atoms with Crippen LogP contribution >= 0.6 is 23.4 Å². The van der Waals surface area contributed by atoms with E-state index in [1.807, 2.05) is 24.3 Å². The second-order valence-corrected chi connectivity index (χ2v) is 7.94. The highest BCUT2D eigenvalue weighted by Crippen LogP contribution is 2.27. The number of rotatable bonds is 6. The molecule has 8 heteroatoms. The molecule has 3 heterocycles. The number of thioether (sulfide) groups is 1. The van der Waals surface area contributed by atoms with Crippen molar-refractivity contribution in [3.8, 4) is 11.5 Å². The van der Waals surface area contributed by atoms with E-state index in [4.69, 9.17) is 26.3 Å². The van der Waals surface area contributed by atoms with Crippen molar-refractivity contribution >= 4 is 29.2 Å². The smallest absolute Gasteiger partial charge is 0.180 e. The molecule has 150 valence electrons. The Labute approximate surface area is 178 Å². The second kappa shape index (κ2) is 9.52. The van der Waals surface area contributed by atoms with E-state index >= 15 is 0 Å². The maximum atomic E-state index is 14.0. The van der Waals surface area contributed by atoms with Crippen LogP contribution in [0.15, 0.2) is 48.7 Å². The van der Waals surface area contributed by atoms with E-state index < -0.39 is 0 Å². The lowest BCUT2D eigenvalue weighted by molar-refractivity contribution is 0.122. The molecule has 0 aliphatic carbocycles. The molecular weight excluding hydrogens is 411 g/mol. The minimum atomic E-state index is -0.282. The Bertz CT molecular complexity index is 950. The van der Waals surface area contributed by atoms with Crippen molar-refractivity contribution in [3.63, 3.8) is 0 Å². The van der Waals surface area contributed by atoms with Crippen molar-refractivity contribution in [2.24, 2.45) is 0 Å². The topological polar surface area (TPSA) is 51.1 Å². The third-order valence-corrected chi connectivity index (χ3v) is 5.90. The van der Waals surface area contributed by atoms with Gasteiger partial charge in [0.05, 0.1) is 18.9 Å². The summed E-state index contributed by atoms with van der Waals surface area (Å²) in [6, 6.07) is 12.4. The molecule has 1 fully saturated rings. The van der Waals surface area contributed by atoms with Crippen molar-refractivity contribution in [2.75, 3.05) is 31.2 Å². The Kier molecular flexibility index (Phi) is 6.59. The van der Waals surface area contributed by atoms with Crippen LogP contribution in [0.4, 0.5) is 10.2 Å². The molecule has 0 bridgehead atoms. The van der Waals surface area contributed by atoms with Gasteiger partial charge in [-0.15, -0.1) is 0 Å². The molecule has 1 aliphatic rings. The zero-order valence-corrected chi connectivity index (χ0v) is 17.3. The van der Waals surface area contributed by atoms with Crippen LogP contribution in [0, 0.1) is 5.82 Å². The number of nitrogens with zero attached hydrogens (tertiary/aromatic N) is 4. The summed E-state index contributed by atoms with van der Waals surface area (Å²) in [6.45, 7) is 2.93. The normalized spacial score (nSPS) is 14.2. The Morgan fingerprint density at radius 3 is 2.69 bits per heavy atom. The van der Waals surface area contributed by atoms with E-state index in [2.05, 4.69) is 9.88 Å². The standard InChI is InChI=1S/C21H20ClFN4OS/c22-17-4-3-5-18(23)16(17)14-29-13-15-12-20(27-8-10-28-11-9-27)26-21(25-15)19-6-1-2-7-24-19/h1-7,12H,8-11,13-14H2. The number of pyridine rings is 1. The zero-order valence-electron chi connectivity index (χ0n) is 15.7. The van der Waals surface area contributed by atoms with Crippen LogP contribution in [0.5, 0.6) is 0 Å². The first-order valence-electron chi connectivity index (χ1n) is 9.33. The number of hydrogen-bond donors (Lipinski definition) is 0. The fourth-order valence-corrected chi connectivity index (χ4v) is 4.31. The van der Waals surface area contributed by atoms with E-state index in [1.165, 1.54) is 6.07 Å². The molecule has 1 aliphatic heterocycles. The second-order valence-electron chi connectivity index (χ2n) is 6.55. The lowest BCUT2D eigenvalue weighted by Crippen LogP contribution is -2.37. The lowest BCUT2D eigenvalue weighted by Gasteiger charge is -2.28. The molecule has 0 spiro atoms. The number of halogens is 2. The summed E-state index contributed by atoms with van der Waals surface area (Å²) in [6.07, 6.45) is 1.73. The molecule has 5 nitrogen and oxygen atoms in total. The molecule has 0 atom stereocenters. The number of anilines is 1. The van der Waals surface area contributed by atoms with Crippen molar-refractivity contribution in [3.05, 3.63) is 70.8 Å². The molecule has 0 unspecified atom stereocenters. The maximum Gasteiger partial charge on any atom is 0.180 e. The van der Waals surface area contributed by atoms with E-state index in [0.717, 1.165) is 30.3 Å². The molecule has 0 saturated carbocycles. The highest BCUT2D eigenvalue weighted by molar-refractivity contribution is 7.97. The SMILES string of the molecule is Fc1cccc(Cl)c1CSCc1cc(N2CCOCC2)nc(-c2ccccn2)n1. The average molecular weight is 431 g/mol. The quantitative estimate of drug-likeness (QED) is 0.569. The minimum absolute atomic E-state index is 0.282. The number of benzene rings is 1. The molecule has 0 radical (unpaired) electrons. The van der Waals surface area contributed by atoms with Gasteiger partial charge in [-0.3, -0.25) is 4.98 Å². The predicted molar refractivity (Wildman–Crippen MR) is 115 cm³/mol. The van der Waals surface area contributed by atoms with Crippen molar-refractivity contribution < 1.29 is 9.13 Å². The van der Waals surface area contributed by atoms with Gasteiger partial charge in [0.1, 0.15) is 17.3 Å². The molecule has 1 saturated heterocycles. The molecular formula is C21H20ClFN4OS. The summed E-state index contributed by atoms with van der Waals surface area (Å²) in [5.41, 5.74) is 2.12. The summed E-state index contributed by atoms with van der Waals surface area (Å²) in [5, 5.41) is 0.448. The molecule has 0 N–H and O–H groups in total. The summed E-state index contributed by atoms with van der Waals surface area (Å²) in [4.78, 5) is 16.0. The van der Waals surface area contributed by atoms with Crippen molar-refractivity contribution in [1.82, 2.24) is 15.0 Å². The summed E-state index contributed by atoms with van der Waals surface area (Å²) in [7, 11) is 0. The first kappa shape index (κ1) is 20.1. The highest BCUT2D eigenvalue weighted by Gasteiger charge is 2.16. The lowest BCUT2D eigenvalue weighted by atomic mass is 10.2. The third kappa shape index (κ3) is 5.04. The fraction of sp³-hybridized carbons (Fsp3) is 0.286. The van der Waals surface area contributed by atoms with Crippen LogP contribution in [-0.4, -0.2) is 41.3 Å². The zero-order chi connectivity index (χ0) is 20.1.